The Bertz CT molecular complexity index is 654. The second kappa shape index (κ2) is 7.38. The van der Waals surface area contributed by atoms with Gasteiger partial charge in [-0.15, -0.1) is 11.3 Å². The van der Waals surface area contributed by atoms with E-state index in [2.05, 4.69) is 21.2 Å². The molecule has 0 aliphatic rings. The molecule has 1 heterocycles. The molecule has 2 rings (SSSR count). The molecular formula is C15H14BrNO3S. The molecule has 0 radical (unpaired) electrons. The van der Waals surface area contributed by atoms with Crippen LogP contribution in [0.25, 0.3) is 0 Å². The van der Waals surface area contributed by atoms with E-state index in [1.165, 1.54) is 10.9 Å². The van der Waals surface area contributed by atoms with Gasteiger partial charge in [-0.3, -0.25) is 4.79 Å². The number of aryl methyl sites for hydroxylation is 1. The van der Waals surface area contributed by atoms with Crippen LogP contribution >= 0.6 is 27.3 Å². The molecule has 0 saturated heterocycles. The molecule has 1 aromatic carbocycles. The van der Waals surface area contributed by atoms with Crippen LogP contribution < -0.4 is 5.32 Å². The Morgan fingerprint density at radius 2 is 1.95 bits per heavy atom. The normalized spacial score (nSPS) is 10.3. The number of carboxylic acid groups (broad SMARTS) is 1. The molecule has 0 saturated carbocycles. The zero-order chi connectivity index (χ0) is 15.2. The molecular weight excluding hydrogens is 354 g/mol. The number of aromatic carboxylic acids is 1. The Hall–Kier alpha value is -1.66. The van der Waals surface area contributed by atoms with Gasteiger partial charge < -0.3 is 10.4 Å². The van der Waals surface area contributed by atoms with Crippen LogP contribution in [-0.4, -0.2) is 17.0 Å². The number of hydrogen-bond donors (Lipinski definition) is 2. The van der Waals surface area contributed by atoms with Crippen LogP contribution in [0.15, 0.2) is 40.2 Å². The molecule has 0 spiro atoms. The summed E-state index contributed by atoms with van der Waals surface area (Å²) in [6.45, 7) is 0. The van der Waals surface area contributed by atoms with E-state index in [9.17, 15) is 9.59 Å². The predicted octanol–water partition coefficient (Wildman–Crippen LogP) is 4.17. The van der Waals surface area contributed by atoms with Gasteiger partial charge in [0.25, 0.3) is 0 Å². The standard InChI is InChI=1S/C15H14BrNO3S/c16-13-9-8-10(21-13)4-3-7-14(18)17-12-6-2-1-5-11(12)15(19)20/h1-2,5-6,8-9H,3-4,7H2,(H,17,18)(H,19,20). The summed E-state index contributed by atoms with van der Waals surface area (Å²) in [5, 5.41) is 11.7. The summed E-state index contributed by atoms with van der Waals surface area (Å²) < 4.78 is 1.08. The van der Waals surface area contributed by atoms with Crippen LogP contribution in [0.3, 0.4) is 0 Å². The highest BCUT2D eigenvalue weighted by molar-refractivity contribution is 9.11. The number of nitrogens with one attached hydrogen (secondary N) is 1. The molecule has 21 heavy (non-hydrogen) atoms. The van der Waals surface area contributed by atoms with Crippen molar-refractivity contribution < 1.29 is 14.7 Å². The number of carboxylic acids is 1. The van der Waals surface area contributed by atoms with Crippen molar-refractivity contribution in [2.24, 2.45) is 0 Å². The van der Waals surface area contributed by atoms with Crippen LogP contribution in [0.5, 0.6) is 0 Å². The minimum atomic E-state index is -1.05. The summed E-state index contributed by atoms with van der Waals surface area (Å²) in [5.74, 6) is -1.21. The van der Waals surface area contributed by atoms with Gasteiger partial charge in [-0.25, -0.2) is 4.79 Å². The quantitative estimate of drug-likeness (QED) is 0.804. The third-order valence-corrected chi connectivity index (χ3v) is 4.57. The van der Waals surface area contributed by atoms with Gasteiger partial charge in [-0.2, -0.15) is 0 Å². The Morgan fingerprint density at radius 3 is 2.62 bits per heavy atom. The summed E-state index contributed by atoms with van der Waals surface area (Å²) in [6, 6.07) is 10.4. The van der Waals surface area contributed by atoms with Gasteiger partial charge >= 0.3 is 5.97 Å². The summed E-state index contributed by atoms with van der Waals surface area (Å²) in [7, 11) is 0. The molecule has 110 valence electrons. The first-order valence-corrected chi connectivity index (χ1v) is 8.03. The first-order valence-electron chi connectivity index (χ1n) is 6.42. The first-order chi connectivity index (χ1) is 10.1. The van der Waals surface area contributed by atoms with Gasteiger partial charge in [0.2, 0.25) is 5.91 Å². The van der Waals surface area contributed by atoms with Gasteiger partial charge in [-0.05, 0) is 53.0 Å². The minimum Gasteiger partial charge on any atom is -0.478 e. The molecule has 0 atom stereocenters. The van der Waals surface area contributed by atoms with E-state index in [0.29, 0.717) is 12.1 Å². The van der Waals surface area contributed by atoms with Crippen molar-refractivity contribution in [3.8, 4) is 0 Å². The van der Waals surface area contributed by atoms with Crippen molar-refractivity contribution >= 4 is 44.8 Å². The van der Waals surface area contributed by atoms with Gasteiger partial charge in [-0.1, -0.05) is 12.1 Å². The van der Waals surface area contributed by atoms with E-state index < -0.39 is 5.97 Å². The largest absolute Gasteiger partial charge is 0.478 e. The monoisotopic (exact) mass is 367 g/mol. The third-order valence-electron chi connectivity index (χ3n) is 2.89. The lowest BCUT2D eigenvalue weighted by atomic mass is 10.1. The zero-order valence-electron chi connectivity index (χ0n) is 11.1. The number of thiophene rings is 1. The third kappa shape index (κ3) is 4.68. The average molecular weight is 368 g/mol. The zero-order valence-corrected chi connectivity index (χ0v) is 13.5. The van der Waals surface area contributed by atoms with Crippen molar-refractivity contribution in [3.63, 3.8) is 0 Å². The van der Waals surface area contributed by atoms with E-state index in [0.717, 1.165) is 16.6 Å². The number of carbonyl (C=O) groups is 2. The summed E-state index contributed by atoms with van der Waals surface area (Å²) in [5.41, 5.74) is 0.446. The number of para-hydroxylation sites is 1. The minimum absolute atomic E-state index is 0.105. The molecule has 0 bridgehead atoms. The Balaban J connectivity index is 1.86. The predicted molar refractivity (Wildman–Crippen MR) is 87.0 cm³/mol. The molecule has 6 heteroatoms. The summed E-state index contributed by atoms with van der Waals surface area (Å²) >= 11 is 5.06. The van der Waals surface area contributed by atoms with Gasteiger partial charge in [0.1, 0.15) is 0 Å². The fourth-order valence-electron chi connectivity index (χ4n) is 1.90. The molecule has 0 fully saturated rings. The van der Waals surface area contributed by atoms with E-state index in [4.69, 9.17) is 5.11 Å². The van der Waals surface area contributed by atoms with Crippen molar-refractivity contribution in [2.75, 3.05) is 5.32 Å². The number of halogens is 1. The summed E-state index contributed by atoms with van der Waals surface area (Å²) in [6.07, 6.45) is 1.93. The second-order valence-corrected chi connectivity index (χ2v) is 7.01. The number of hydrogen-bond acceptors (Lipinski definition) is 3. The SMILES string of the molecule is O=C(CCCc1ccc(Br)s1)Nc1ccccc1C(=O)O. The highest BCUT2D eigenvalue weighted by Crippen LogP contribution is 2.23. The van der Waals surface area contributed by atoms with Crippen molar-refractivity contribution in [2.45, 2.75) is 19.3 Å². The van der Waals surface area contributed by atoms with E-state index in [1.807, 2.05) is 12.1 Å². The number of anilines is 1. The van der Waals surface area contributed by atoms with Crippen LogP contribution in [0.1, 0.15) is 28.1 Å². The van der Waals surface area contributed by atoms with Crippen LogP contribution in [0, 0.1) is 0 Å². The molecule has 0 aliphatic heterocycles. The molecule has 2 aromatic rings. The Morgan fingerprint density at radius 1 is 1.19 bits per heavy atom. The molecule has 1 aromatic heterocycles. The maximum absolute atomic E-state index is 11.9. The highest BCUT2D eigenvalue weighted by Gasteiger charge is 2.11. The van der Waals surface area contributed by atoms with E-state index in [1.54, 1.807) is 29.5 Å². The lowest BCUT2D eigenvalue weighted by molar-refractivity contribution is -0.116. The first kappa shape index (κ1) is 15.7. The fraction of sp³-hybridized carbons (Fsp3) is 0.200. The van der Waals surface area contributed by atoms with E-state index in [-0.39, 0.29) is 11.5 Å². The molecule has 4 nitrogen and oxygen atoms in total. The van der Waals surface area contributed by atoms with Crippen LogP contribution in [0.4, 0.5) is 5.69 Å². The Kier molecular flexibility index (Phi) is 5.52. The smallest absolute Gasteiger partial charge is 0.337 e. The molecule has 2 N–H and O–H groups in total. The van der Waals surface area contributed by atoms with Crippen LogP contribution in [0.2, 0.25) is 0 Å². The fourth-order valence-corrected chi connectivity index (χ4v) is 3.43. The maximum Gasteiger partial charge on any atom is 0.337 e. The topological polar surface area (TPSA) is 66.4 Å². The number of rotatable bonds is 6. The Labute approximate surface area is 134 Å². The summed E-state index contributed by atoms with van der Waals surface area (Å²) in [4.78, 5) is 24.1. The molecule has 1 amide bonds. The van der Waals surface area contributed by atoms with Crippen LogP contribution in [-0.2, 0) is 11.2 Å². The maximum atomic E-state index is 11.9. The van der Waals surface area contributed by atoms with Gasteiger partial charge in [0.15, 0.2) is 0 Å². The van der Waals surface area contributed by atoms with Gasteiger partial charge in [0.05, 0.1) is 15.0 Å². The number of benzene rings is 1. The second-order valence-electron chi connectivity index (χ2n) is 4.46. The lowest BCUT2D eigenvalue weighted by Gasteiger charge is -2.07. The van der Waals surface area contributed by atoms with Crippen molar-refractivity contribution in [1.29, 1.82) is 0 Å². The lowest BCUT2D eigenvalue weighted by Crippen LogP contribution is -2.14. The highest BCUT2D eigenvalue weighted by atomic mass is 79.9. The van der Waals surface area contributed by atoms with Gasteiger partial charge in [0, 0.05) is 11.3 Å². The van der Waals surface area contributed by atoms with E-state index >= 15 is 0 Å². The molecule has 0 unspecified atom stereocenters. The van der Waals surface area contributed by atoms with Crippen molar-refractivity contribution in [1.82, 2.24) is 0 Å². The number of amides is 1. The molecule has 0 aliphatic carbocycles. The average Bonchev–Trinajstić information content (AvgIpc) is 2.85. The number of carbonyl (C=O) groups excluding carboxylic acids is 1. The van der Waals surface area contributed by atoms with Crippen molar-refractivity contribution in [3.05, 3.63) is 50.6 Å².